The number of carbonyl (C=O) groups is 3. The Balaban J connectivity index is 1.12. The molecule has 8 rings (SSSR count). The van der Waals surface area contributed by atoms with Crippen LogP contribution in [-0.2, 0) is 66.1 Å². The van der Waals surface area contributed by atoms with Crippen LogP contribution in [0.3, 0.4) is 0 Å². The number of nitrogens with one attached hydrogen (secondary N) is 2. The van der Waals surface area contributed by atoms with E-state index in [0.29, 0.717) is 0 Å². The lowest BCUT2D eigenvalue weighted by Gasteiger charge is -2.49. The van der Waals surface area contributed by atoms with Crippen molar-refractivity contribution in [3.05, 3.63) is 190 Å². The number of azide groups is 1. The first-order valence-corrected chi connectivity index (χ1v) is 22.5. The van der Waals surface area contributed by atoms with Gasteiger partial charge in [-0.3, -0.25) is 4.90 Å². The molecule has 17 heteroatoms. The number of ether oxygens (including phenoxy) is 7. The van der Waals surface area contributed by atoms with Gasteiger partial charge in [-0.15, -0.1) is 0 Å². The maximum absolute atomic E-state index is 14.3. The third-order valence-electron chi connectivity index (χ3n) is 12.2. The quantitative estimate of drug-likeness (QED) is 0.0335. The van der Waals surface area contributed by atoms with Crippen LogP contribution in [0, 0.1) is 0 Å². The Morgan fingerprint density at radius 1 is 0.765 bits per heavy atom. The third kappa shape index (κ3) is 12.1. The first kappa shape index (κ1) is 47.5. The second-order valence-corrected chi connectivity index (χ2v) is 16.8. The van der Waals surface area contributed by atoms with E-state index in [4.69, 9.17) is 33.2 Å². The molecule has 1 saturated carbocycles. The van der Waals surface area contributed by atoms with Crippen molar-refractivity contribution >= 4 is 18.3 Å². The minimum atomic E-state index is -1.59. The number of aliphatic hydroxyl groups is 1. The van der Waals surface area contributed by atoms with Crippen LogP contribution in [0.1, 0.15) is 41.2 Å². The number of amides is 3. The summed E-state index contributed by atoms with van der Waals surface area (Å²) >= 11 is 0. The number of hydrogen-bond acceptors (Lipinski definition) is 12. The second kappa shape index (κ2) is 23.2. The zero-order chi connectivity index (χ0) is 47.2. The molecule has 3 N–H and O–H groups in total. The van der Waals surface area contributed by atoms with Crippen molar-refractivity contribution in [2.75, 3.05) is 0 Å². The summed E-state index contributed by atoms with van der Waals surface area (Å²) in [6.07, 6.45) is -10.7. The van der Waals surface area contributed by atoms with Gasteiger partial charge in [0.25, 0.3) is 0 Å². The zero-order valence-corrected chi connectivity index (χ0v) is 37.3. The Morgan fingerprint density at radius 2 is 1.28 bits per heavy atom. The lowest BCUT2D eigenvalue weighted by Crippen LogP contribution is -2.71. The van der Waals surface area contributed by atoms with Gasteiger partial charge in [-0.2, -0.15) is 0 Å². The van der Waals surface area contributed by atoms with Gasteiger partial charge < -0.3 is 48.9 Å². The summed E-state index contributed by atoms with van der Waals surface area (Å²) in [5.74, 6) is 0. The van der Waals surface area contributed by atoms with Crippen LogP contribution in [0.2, 0.25) is 0 Å². The zero-order valence-electron chi connectivity index (χ0n) is 37.3. The monoisotopic (exact) mass is 926 g/mol. The number of rotatable bonds is 18. The topological polar surface area (TPSA) is 212 Å². The van der Waals surface area contributed by atoms with E-state index in [2.05, 4.69) is 20.7 Å². The van der Waals surface area contributed by atoms with Crippen molar-refractivity contribution in [2.24, 2.45) is 5.11 Å². The summed E-state index contributed by atoms with van der Waals surface area (Å²) in [5, 5.41) is 21.9. The highest BCUT2D eigenvalue weighted by Crippen LogP contribution is 2.37. The second-order valence-electron chi connectivity index (χ2n) is 16.8. The fourth-order valence-electron chi connectivity index (χ4n) is 8.78. The molecule has 5 aromatic rings. The molecule has 2 heterocycles. The van der Waals surface area contributed by atoms with Gasteiger partial charge in [0.05, 0.1) is 37.4 Å². The molecule has 1 aliphatic carbocycles. The molecule has 3 aliphatic rings. The number of alkyl carbamates (subject to hydrolysis) is 2. The van der Waals surface area contributed by atoms with Gasteiger partial charge in [0.2, 0.25) is 0 Å². The Hall–Kier alpha value is -6.98. The van der Waals surface area contributed by atoms with E-state index in [1.54, 1.807) is 17.0 Å². The van der Waals surface area contributed by atoms with Crippen molar-refractivity contribution < 1.29 is 52.6 Å². The van der Waals surface area contributed by atoms with Crippen molar-refractivity contribution in [3.8, 4) is 0 Å². The van der Waals surface area contributed by atoms with Crippen LogP contribution in [0.15, 0.2) is 157 Å². The highest BCUT2D eigenvalue weighted by Gasteiger charge is 2.59. The van der Waals surface area contributed by atoms with Gasteiger partial charge >= 0.3 is 18.3 Å². The minimum absolute atomic E-state index is 0.0126. The van der Waals surface area contributed by atoms with E-state index in [1.807, 2.05) is 146 Å². The van der Waals surface area contributed by atoms with E-state index in [9.17, 15) is 25.0 Å². The van der Waals surface area contributed by atoms with Gasteiger partial charge in [0, 0.05) is 11.5 Å². The van der Waals surface area contributed by atoms with Crippen LogP contribution < -0.4 is 10.6 Å². The average molecular weight is 927 g/mol. The summed E-state index contributed by atoms with van der Waals surface area (Å²) in [6.45, 7) is 2.08. The molecular weight excluding hydrogens is 873 g/mol. The van der Waals surface area contributed by atoms with E-state index < -0.39 is 85.4 Å². The van der Waals surface area contributed by atoms with Crippen LogP contribution in [-0.4, -0.2) is 95.4 Å². The smallest absolute Gasteiger partial charge is 0.410 e. The molecular formula is C51H54N6O11. The SMILES string of the molecule is C[C@H]([C@H]1OC(O[C@H]2[C@H](O)[C@H]3OC(=O)N[C@@H]3[C@@H](OCc3ccccc3)[C@@H]2NC(=O)OCc2ccccc2)[C@H](N=[N+]=[N-])C[C@@H]1OCc1ccccc1)N(Cc1ccccc1)C(=O)OCc1ccccc1. The Morgan fingerprint density at radius 3 is 1.84 bits per heavy atom. The molecule has 17 nitrogen and oxygen atoms in total. The van der Waals surface area contributed by atoms with E-state index in [1.165, 1.54) is 0 Å². The molecule has 3 fully saturated rings. The summed E-state index contributed by atoms with van der Waals surface area (Å²) in [5.41, 5.74) is 14.0. The molecule has 5 aromatic carbocycles. The molecule has 2 aliphatic heterocycles. The molecule has 0 aromatic heterocycles. The molecule has 2 saturated heterocycles. The molecule has 11 atom stereocenters. The maximum Gasteiger partial charge on any atom is 0.410 e. The van der Waals surface area contributed by atoms with Crippen molar-refractivity contribution in [2.45, 2.75) is 113 Å². The first-order valence-electron chi connectivity index (χ1n) is 22.5. The average Bonchev–Trinajstić information content (AvgIpc) is 3.77. The number of fused-ring (bicyclic) bond motifs is 1. The molecule has 1 unspecified atom stereocenters. The highest BCUT2D eigenvalue weighted by molar-refractivity contribution is 5.71. The molecule has 68 heavy (non-hydrogen) atoms. The van der Waals surface area contributed by atoms with Crippen LogP contribution >= 0.6 is 0 Å². The lowest BCUT2D eigenvalue weighted by molar-refractivity contribution is -0.288. The number of nitrogens with zero attached hydrogens (tertiary/aromatic N) is 4. The van der Waals surface area contributed by atoms with Crippen molar-refractivity contribution in [3.63, 3.8) is 0 Å². The lowest BCUT2D eigenvalue weighted by atomic mass is 9.81. The number of aliphatic hydroxyl groups excluding tert-OH is 1. The Kier molecular flexibility index (Phi) is 16.2. The van der Waals surface area contributed by atoms with Crippen LogP contribution in [0.25, 0.3) is 10.4 Å². The van der Waals surface area contributed by atoms with E-state index >= 15 is 0 Å². The van der Waals surface area contributed by atoms with Gasteiger partial charge in [-0.1, -0.05) is 157 Å². The molecule has 0 bridgehead atoms. The number of benzene rings is 5. The van der Waals surface area contributed by atoms with Gasteiger partial charge in [-0.25, -0.2) is 14.4 Å². The predicted octanol–water partition coefficient (Wildman–Crippen LogP) is 7.71. The summed E-state index contributed by atoms with van der Waals surface area (Å²) in [7, 11) is 0. The fourth-order valence-corrected chi connectivity index (χ4v) is 8.78. The summed E-state index contributed by atoms with van der Waals surface area (Å²) in [4.78, 5) is 45.7. The predicted molar refractivity (Wildman–Crippen MR) is 246 cm³/mol. The standard InChI is InChI=1S/C51H54N6O11/c1-33(57(28-34-17-7-2-8-18-34)51(61)65-32-38-25-15-6-16-26-38)44-40(62-29-35-19-9-3-10-20-35)27-39(55-56-52)48(66-44)67-46-41(53-49(59)64-31-37-23-13-5-14-24-37)45(63-30-36-21-11-4-12-22-36)42-47(43(46)58)68-50(60)54-42/h2-26,33,39-48,58H,27-32H2,1H3,(H,53,59)(H,54,60)/t33-,39-,40+,41+,42-,43+,44-,45+,46-,47+,48?/m1/s1. The first-order chi connectivity index (χ1) is 33.2. The van der Waals surface area contributed by atoms with Crippen LogP contribution in [0.4, 0.5) is 14.4 Å². The largest absolute Gasteiger partial charge is 0.445 e. The maximum atomic E-state index is 14.3. The van der Waals surface area contributed by atoms with E-state index in [0.717, 1.165) is 27.8 Å². The van der Waals surface area contributed by atoms with Crippen LogP contribution in [0.5, 0.6) is 0 Å². The van der Waals surface area contributed by atoms with Gasteiger partial charge in [0.15, 0.2) is 12.4 Å². The Labute approximate surface area is 393 Å². The van der Waals surface area contributed by atoms with E-state index in [-0.39, 0.29) is 39.4 Å². The van der Waals surface area contributed by atoms with Gasteiger partial charge in [-0.05, 0) is 46.7 Å². The number of hydrogen-bond donors (Lipinski definition) is 3. The Bertz CT molecular complexity index is 2440. The summed E-state index contributed by atoms with van der Waals surface area (Å²) < 4.78 is 44.0. The number of carbonyl (C=O) groups excluding carboxylic acids is 3. The molecule has 0 radical (unpaired) electrons. The highest BCUT2D eigenvalue weighted by atomic mass is 16.7. The van der Waals surface area contributed by atoms with Gasteiger partial charge in [0.1, 0.15) is 43.7 Å². The molecule has 3 amide bonds. The van der Waals surface area contributed by atoms with Crippen molar-refractivity contribution in [1.82, 2.24) is 15.5 Å². The summed E-state index contributed by atoms with van der Waals surface area (Å²) in [6, 6.07) is 42.6. The van der Waals surface area contributed by atoms with Crippen molar-refractivity contribution in [1.29, 1.82) is 0 Å². The molecule has 354 valence electrons. The third-order valence-corrected chi connectivity index (χ3v) is 12.2. The fraction of sp³-hybridized carbons (Fsp3) is 0.353. The molecule has 0 spiro atoms. The minimum Gasteiger partial charge on any atom is -0.445 e. The normalized spacial score (nSPS) is 25.6.